The minimum absolute atomic E-state index is 0.00339. The van der Waals surface area contributed by atoms with Gasteiger partial charge in [0, 0.05) is 12.6 Å². The lowest BCUT2D eigenvalue weighted by Crippen LogP contribution is -2.54. The van der Waals surface area contributed by atoms with Crippen LogP contribution in [0.1, 0.15) is 51.0 Å². The van der Waals surface area contributed by atoms with Crippen LogP contribution in [0.15, 0.2) is 42.5 Å². The number of anilines is 1. The number of halogens is 3. The number of carbonyl (C=O) groups excluding carboxylic acids is 2. The first-order valence-corrected chi connectivity index (χ1v) is 14.9. The molecule has 0 aliphatic heterocycles. The lowest BCUT2D eigenvalue weighted by atomic mass is 9.95. The van der Waals surface area contributed by atoms with E-state index in [0.717, 1.165) is 42.7 Å². The summed E-state index contributed by atoms with van der Waals surface area (Å²) in [6.07, 6.45) is 6.23. The predicted molar refractivity (Wildman–Crippen MR) is 145 cm³/mol. The molecular formula is C26H32Cl2FN3O4S. The van der Waals surface area contributed by atoms with Crippen molar-refractivity contribution in [2.75, 3.05) is 17.1 Å². The molecule has 1 N–H and O–H groups in total. The molecule has 2 aromatic carbocycles. The molecule has 0 heterocycles. The summed E-state index contributed by atoms with van der Waals surface area (Å²) in [5.74, 6) is -1.32. The minimum Gasteiger partial charge on any atom is -0.352 e. The predicted octanol–water partition coefficient (Wildman–Crippen LogP) is 5.15. The van der Waals surface area contributed by atoms with Crippen molar-refractivity contribution in [1.29, 1.82) is 0 Å². The van der Waals surface area contributed by atoms with Crippen LogP contribution in [0.4, 0.5) is 10.1 Å². The Morgan fingerprint density at radius 1 is 1.08 bits per heavy atom. The second-order valence-electron chi connectivity index (χ2n) is 9.26. The largest absolute Gasteiger partial charge is 0.352 e. The zero-order valence-electron chi connectivity index (χ0n) is 20.9. The van der Waals surface area contributed by atoms with Gasteiger partial charge in [-0.1, -0.05) is 67.6 Å². The molecule has 1 aliphatic rings. The molecule has 3 rings (SSSR count). The number of benzene rings is 2. The van der Waals surface area contributed by atoms with E-state index in [-0.39, 0.29) is 34.2 Å². The fourth-order valence-corrected chi connectivity index (χ4v) is 5.83. The van der Waals surface area contributed by atoms with Gasteiger partial charge in [0.15, 0.2) is 0 Å². The van der Waals surface area contributed by atoms with Crippen LogP contribution in [0, 0.1) is 5.82 Å². The quantitative estimate of drug-likeness (QED) is 0.427. The smallest absolute Gasteiger partial charge is 0.244 e. The normalized spacial score (nSPS) is 15.2. The van der Waals surface area contributed by atoms with Crippen molar-refractivity contribution in [3.8, 4) is 0 Å². The molecular weight excluding hydrogens is 540 g/mol. The first-order valence-electron chi connectivity index (χ1n) is 12.3. The number of hydrogen-bond donors (Lipinski definition) is 1. The maximum Gasteiger partial charge on any atom is 0.244 e. The number of nitrogens with zero attached hydrogens (tertiary/aromatic N) is 2. The molecule has 0 radical (unpaired) electrons. The Kier molecular flexibility index (Phi) is 10.2. The molecule has 0 unspecified atom stereocenters. The van der Waals surface area contributed by atoms with Gasteiger partial charge in [0.05, 0.1) is 22.0 Å². The Labute approximate surface area is 228 Å². The molecule has 1 fully saturated rings. The monoisotopic (exact) mass is 571 g/mol. The van der Waals surface area contributed by atoms with Gasteiger partial charge in [-0.15, -0.1) is 0 Å². The minimum atomic E-state index is -3.95. The standard InChI is InChI=1S/C26H32Cl2FN3O4S/c1-3-22(26(34)30-20-8-5-4-6-9-20)31(16-18-12-14-19(29)15-13-18)24(33)17-32(37(2,35)36)23-11-7-10-21(27)25(23)28/h7,10-15,20,22H,3-6,8-9,16-17H2,1-2H3,(H,30,34)/t22-/m0/s1. The third kappa shape index (κ3) is 7.82. The highest BCUT2D eigenvalue weighted by Crippen LogP contribution is 2.34. The van der Waals surface area contributed by atoms with Gasteiger partial charge in [0.2, 0.25) is 21.8 Å². The van der Waals surface area contributed by atoms with E-state index >= 15 is 0 Å². The molecule has 0 bridgehead atoms. The molecule has 7 nitrogen and oxygen atoms in total. The molecule has 0 spiro atoms. The molecule has 37 heavy (non-hydrogen) atoms. The number of carbonyl (C=O) groups is 2. The fraction of sp³-hybridized carbons (Fsp3) is 0.462. The van der Waals surface area contributed by atoms with Gasteiger partial charge in [-0.05, 0) is 49.1 Å². The van der Waals surface area contributed by atoms with Gasteiger partial charge in [0.25, 0.3) is 0 Å². The van der Waals surface area contributed by atoms with Crippen molar-refractivity contribution in [1.82, 2.24) is 10.2 Å². The SMILES string of the molecule is CC[C@@H](C(=O)NC1CCCCC1)N(Cc1ccc(F)cc1)C(=O)CN(c1cccc(Cl)c1Cl)S(C)(=O)=O. The van der Waals surface area contributed by atoms with Gasteiger partial charge in [-0.25, -0.2) is 12.8 Å². The van der Waals surface area contributed by atoms with Crippen LogP contribution >= 0.6 is 23.2 Å². The molecule has 0 saturated heterocycles. The first kappa shape index (κ1) is 29.2. The second-order valence-corrected chi connectivity index (χ2v) is 12.0. The second kappa shape index (κ2) is 12.9. The van der Waals surface area contributed by atoms with E-state index in [9.17, 15) is 22.4 Å². The van der Waals surface area contributed by atoms with Crippen molar-refractivity contribution in [3.63, 3.8) is 0 Å². The van der Waals surface area contributed by atoms with E-state index < -0.39 is 34.3 Å². The van der Waals surface area contributed by atoms with Gasteiger partial charge in [-0.3, -0.25) is 13.9 Å². The molecule has 1 atom stereocenters. The van der Waals surface area contributed by atoms with Crippen LogP contribution in [-0.4, -0.2) is 50.0 Å². The number of hydrogen-bond acceptors (Lipinski definition) is 4. The number of amides is 2. The van der Waals surface area contributed by atoms with E-state index in [0.29, 0.717) is 12.0 Å². The van der Waals surface area contributed by atoms with Crippen molar-refractivity contribution >= 4 is 50.7 Å². The Hall–Kier alpha value is -2.36. The summed E-state index contributed by atoms with van der Waals surface area (Å²) in [5, 5.41) is 3.20. The molecule has 202 valence electrons. The maximum absolute atomic E-state index is 13.7. The molecule has 11 heteroatoms. The lowest BCUT2D eigenvalue weighted by Gasteiger charge is -2.34. The highest BCUT2D eigenvalue weighted by atomic mass is 35.5. The number of sulfonamides is 1. The van der Waals surface area contributed by atoms with E-state index in [4.69, 9.17) is 23.2 Å². The lowest BCUT2D eigenvalue weighted by molar-refractivity contribution is -0.140. The third-order valence-corrected chi connectivity index (χ3v) is 8.42. The van der Waals surface area contributed by atoms with Gasteiger partial charge in [0.1, 0.15) is 18.4 Å². The summed E-state index contributed by atoms with van der Waals surface area (Å²) in [5.41, 5.74) is 0.664. The number of rotatable bonds is 10. The van der Waals surface area contributed by atoms with E-state index in [1.807, 2.05) is 0 Å². The van der Waals surface area contributed by atoms with Gasteiger partial charge in [-0.2, -0.15) is 0 Å². The molecule has 2 amide bonds. The van der Waals surface area contributed by atoms with Crippen LogP contribution in [0.5, 0.6) is 0 Å². The highest BCUT2D eigenvalue weighted by Gasteiger charge is 2.33. The molecule has 0 aromatic heterocycles. The summed E-state index contributed by atoms with van der Waals surface area (Å²) in [4.78, 5) is 28.4. The van der Waals surface area contributed by atoms with E-state index in [2.05, 4.69) is 5.32 Å². The Bertz CT molecular complexity index is 1200. The Morgan fingerprint density at radius 2 is 1.73 bits per heavy atom. The van der Waals surface area contributed by atoms with Crippen LogP contribution in [0.2, 0.25) is 10.0 Å². The first-order chi connectivity index (χ1) is 17.5. The van der Waals surface area contributed by atoms with Crippen LogP contribution in [-0.2, 0) is 26.2 Å². The molecule has 2 aromatic rings. The van der Waals surface area contributed by atoms with Crippen LogP contribution in [0.3, 0.4) is 0 Å². The van der Waals surface area contributed by atoms with Crippen LogP contribution in [0.25, 0.3) is 0 Å². The fourth-order valence-electron chi connectivity index (χ4n) is 4.53. The summed E-state index contributed by atoms with van der Waals surface area (Å²) in [6, 6.07) is 9.30. The summed E-state index contributed by atoms with van der Waals surface area (Å²) < 4.78 is 39.8. The molecule has 1 aliphatic carbocycles. The van der Waals surface area contributed by atoms with Gasteiger partial charge < -0.3 is 10.2 Å². The Morgan fingerprint density at radius 3 is 2.32 bits per heavy atom. The summed E-state index contributed by atoms with van der Waals surface area (Å²) in [7, 11) is -3.95. The topological polar surface area (TPSA) is 86.8 Å². The zero-order chi connectivity index (χ0) is 27.2. The van der Waals surface area contributed by atoms with Crippen molar-refractivity contribution in [3.05, 3.63) is 63.9 Å². The highest BCUT2D eigenvalue weighted by molar-refractivity contribution is 7.92. The van der Waals surface area contributed by atoms with E-state index in [1.165, 1.54) is 47.4 Å². The van der Waals surface area contributed by atoms with E-state index in [1.54, 1.807) is 6.92 Å². The Balaban J connectivity index is 1.93. The maximum atomic E-state index is 13.7. The van der Waals surface area contributed by atoms with Crippen molar-refractivity contribution < 1.29 is 22.4 Å². The molecule has 1 saturated carbocycles. The third-order valence-electron chi connectivity index (χ3n) is 6.48. The average molecular weight is 573 g/mol. The van der Waals surface area contributed by atoms with Gasteiger partial charge >= 0.3 is 0 Å². The van der Waals surface area contributed by atoms with Crippen molar-refractivity contribution in [2.45, 2.75) is 64.1 Å². The van der Waals surface area contributed by atoms with Crippen LogP contribution < -0.4 is 9.62 Å². The van der Waals surface area contributed by atoms with Crippen molar-refractivity contribution in [2.24, 2.45) is 0 Å². The summed E-state index contributed by atoms with van der Waals surface area (Å²) in [6.45, 7) is 1.20. The number of nitrogens with one attached hydrogen (secondary N) is 1. The zero-order valence-corrected chi connectivity index (χ0v) is 23.3. The summed E-state index contributed by atoms with van der Waals surface area (Å²) >= 11 is 12.4. The average Bonchev–Trinajstić information content (AvgIpc) is 2.85.